The van der Waals surface area contributed by atoms with Gasteiger partial charge in [-0.2, -0.15) is 0 Å². The minimum Gasteiger partial charge on any atom is -0.347 e. The summed E-state index contributed by atoms with van der Waals surface area (Å²) in [5.41, 5.74) is 5.55. The molecule has 0 saturated heterocycles. The van der Waals surface area contributed by atoms with Crippen LogP contribution in [0.2, 0.25) is 0 Å². The fourth-order valence-corrected chi connectivity index (χ4v) is 5.35. The number of likely N-dealkylation sites (N-methyl/N-ethyl adjacent to an activating group) is 1. The highest BCUT2D eigenvalue weighted by Gasteiger charge is 2.37. The lowest BCUT2D eigenvalue weighted by Crippen LogP contribution is -2.22. The van der Waals surface area contributed by atoms with Crippen LogP contribution in [0.3, 0.4) is 0 Å². The lowest BCUT2D eigenvalue weighted by atomic mass is 9.84. The van der Waals surface area contributed by atoms with E-state index < -0.39 is 0 Å². The van der Waals surface area contributed by atoms with Crippen LogP contribution in [0.1, 0.15) is 36.8 Å². The van der Waals surface area contributed by atoms with E-state index in [0.29, 0.717) is 0 Å². The van der Waals surface area contributed by atoms with Crippen molar-refractivity contribution >= 4 is 33.2 Å². The molecule has 2 heterocycles. The Labute approximate surface area is 160 Å². The standard InChI is InChI=1S/C24H25NS/c1-5-17-18-11-6-9-14-22(18)26-21(17)15-10-16-23-24(2,3)19-12-7-8-13-20(19)25(23)4/h6-16H,5H2,1-4H3/b15-10+,23-16+. The van der Waals surface area contributed by atoms with Gasteiger partial charge in [0.15, 0.2) is 0 Å². The molecular formula is C24H25NS. The Hall–Kier alpha value is -2.32. The predicted molar refractivity (Wildman–Crippen MR) is 116 cm³/mol. The maximum atomic E-state index is 2.32. The molecule has 2 aromatic carbocycles. The van der Waals surface area contributed by atoms with Crippen LogP contribution in [0.15, 0.2) is 66.4 Å². The second kappa shape index (κ2) is 6.44. The Kier molecular flexibility index (Phi) is 4.24. The molecule has 1 nitrogen and oxygen atoms in total. The van der Waals surface area contributed by atoms with Crippen LogP contribution in [0, 0.1) is 0 Å². The zero-order chi connectivity index (χ0) is 18.3. The van der Waals surface area contributed by atoms with E-state index in [9.17, 15) is 0 Å². The lowest BCUT2D eigenvalue weighted by Gasteiger charge is -2.23. The van der Waals surface area contributed by atoms with E-state index in [4.69, 9.17) is 0 Å². The molecular weight excluding hydrogens is 334 g/mol. The zero-order valence-corrected chi connectivity index (χ0v) is 16.7. The summed E-state index contributed by atoms with van der Waals surface area (Å²) in [6.45, 7) is 6.87. The number of para-hydroxylation sites is 1. The van der Waals surface area contributed by atoms with E-state index in [2.05, 4.69) is 99.5 Å². The minimum atomic E-state index is 0.0312. The molecule has 0 bridgehead atoms. The molecule has 1 aliphatic rings. The van der Waals surface area contributed by atoms with Crippen molar-refractivity contribution in [1.29, 1.82) is 0 Å². The Balaban J connectivity index is 1.71. The van der Waals surface area contributed by atoms with E-state index in [1.165, 1.54) is 37.5 Å². The van der Waals surface area contributed by atoms with Crippen LogP contribution in [-0.4, -0.2) is 7.05 Å². The van der Waals surface area contributed by atoms with E-state index in [1.807, 2.05) is 11.3 Å². The minimum absolute atomic E-state index is 0.0312. The van der Waals surface area contributed by atoms with Crippen LogP contribution in [-0.2, 0) is 11.8 Å². The molecule has 0 aliphatic carbocycles. The number of hydrogen-bond acceptors (Lipinski definition) is 2. The SMILES string of the molecule is CCc1c(/C=C/C=C2/N(C)c3ccccc3C2(C)C)sc2ccccc12. The molecule has 0 atom stereocenters. The fraction of sp³-hybridized carbons (Fsp3) is 0.250. The summed E-state index contributed by atoms with van der Waals surface area (Å²) in [4.78, 5) is 3.70. The molecule has 0 unspecified atom stereocenters. The number of nitrogens with zero attached hydrogens (tertiary/aromatic N) is 1. The maximum absolute atomic E-state index is 2.32. The molecule has 0 saturated carbocycles. The number of hydrogen-bond donors (Lipinski definition) is 0. The van der Waals surface area contributed by atoms with Crippen LogP contribution in [0.25, 0.3) is 16.2 Å². The first-order valence-electron chi connectivity index (χ1n) is 9.26. The molecule has 0 amide bonds. The van der Waals surface area contributed by atoms with Gasteiger partial charge in [0.25, 0.3) is 0 Å². The highest BCUT2D eigenvalue weighted by Crippen LogP contribution is 2.46. The van der Waals surface area contributed by atoms with Crippen molar-refractivity contribution in [3.05, 3.63) is 82.4 Å². The summed E-state index contributed by atoms with van der Waals surface area (Å²) in [7, 11) is 2.17. The molecule has 1 aromatic heterocycles. The predicted octanol–water partition coefficient (Wildman–Crippen LogP) is 6.79. The quantitative estimate of drug-likeness (QED) is 0.498. The largest absolute Gasteiger partial charge is 0.347 e. The summed E-state index contributed by atoms with van der Waals surface area (Å²) in [5.74, 6) is 0. The molecule has 0 N–H and O–H groups in total. The number of benzene rings is 2. The molecule has 0 spiro atoms. The average Bonchev–Trinajstić information content (AvgIpc) is 3.10. The Bertz CT molecular complexity index is 1020. The molecule has 1 aliphatic heterocycles. The van der Waals surface area contributed by atoms with E-state index in [-0.39, 0.29) is 5.41 Å². The van der Waals surface area contributed by atoms with Crippen molar-refractivity contribution < 1.29 is 0 Å². The van der Waals surface area contributed by atoms with Crippen molar-refractivity contribution in [2.75, 3.05) is 11.9 Å². The molecule has 132 valence electrons. The maximum Gasteiger partial charge on any atom is 0.0447 e. The molecule has 2 heteroatoms. The van der Waals surface area contributed by atoms with Gasteiger partial charge >= 0.3 is 0 Å². The molecule has 3 aromatic rings. The smallest absolute Gasteiger partial charge is 0.0447 e. The van der Waals surface area contributed by atoms with Crippen LogP contribution >= 0.6 is 11.3 Å². The van der Waals surface area contributed by atoms with Crippen molar-refractivity contribution in [3.63, 3.8) is 0 Å². The Morgan fingerprint density at radius 3 is 2.54 bits per heavy atom. The summed E-state index contributed by atoms with van der Waals surface area (Å²) in [6, 6.07) is 17.4. The summed E-state index contributed by atoms with van der Waals surface area (Å²) >= 11 is 1.89. The van der Waals surface area contributed by atoms with Gasteiger partial charge in [0.05, 0.1) is 0 Å². The number of rotatable bonds is 3. The van der Waals surface area contributed by atoms with E-state index >= 15 is 0 Å². The normalized spacial score (nSPS) is 17.5. The number of fused-ring (bicyclic) bond motifs is 2. The fourth-order valence-electron chi connectivity index (χ4n) is 4.15. The monoisotopic (exact) mass is 359 g/mol. The first-order chi connectivity index (χ1) is 12.5. The van der Waals surface area contributed by atoms with Crippen molar-refractivity contribution in [1.82, 2.24) is 0 Å². The third-order valence-electron chi connectivity index (χ3n) is 5.53. The second-order valence-electron chi connectivity index (χ2n) is 7.41. The average molecular weight is 360 g/mol. The third kappa shape index (κ3) is 2.60. The number of thiophene rings is 1. The summed E-state index contributed by atoms with van der Waals surface area (Å²) in [5, 5.41) is 1.40. The Morgan fingerprint density at radius 2 is 1.77 bits per heavy atom. The van der Waals surface area contributed by atoms with Crippen molar-refractivity contribution in [2.24, 2.45) is 0 Å². The van der Waals surface area contributed by atoms with Gasteiger partial charge in [-0.25, -0.2) is 0 Å². The van der Waals surface area contributed by atoms with Gasteiger partial charge in [-0.15, -0.1) is 11.3 Å². The van der Waals surface area contributed by atoms with Gasteiger partial charge in [0.2, 0.25) is 0 Å². The van der Waals surface area contributed by atoms with Crippen LogP contribution in [0.5, 0.6) is 0 Å². The highest BCUT2D eigenvalue weighted by molar-refractivity contribution is 7.20. The molecule has 4 rings (SSSR count). The van der Waals surface area contributed by atoms with Gasteiger partial charge in [0, 0.05) is 33.4 Å². The van der Waals surface area contributed by atoms with Gasteiger partial charge in [0.1, 0.15) is 0 Å². The van der Waals surface area contributed by atoms with Gasteiger partial charge in [-0.05, 0) is 47.2 Å². The van der Waals surface area contributed by atoms with Gasteiger partial charge < -0.3 is 4.90 Å². The summed E-state index contributed by atoms with van der Waals surface area (Å²) < 4.78 is 1.38. The van der Waals surface area contributed by atoms with E-state index in [0.717, 1.165) is 6.42 Å². The van der Waals surface area contributed by atoms with Crippen LogP contribution < -0.4 is 4.90 Å². The topological polar surface area (TPSA) is 3.24 Å². The third-order valence-corrected chi connectivity index (χ3v) is 6.70. The molecule has 0 radical (unpaired) electrons. The number of allylic oxidation sites excluding steroid dienone is 3. The van der Waals surface area contributed by atoms with Gasteiger partial charge in [-0.3, -0.25) is 0 Å². The second-order valence-corrected chi connectivity index (χ2v) is 8.49. The first-order valence-corrected chi connectivity index (χ1v) is 10.1. The van der Waals surface area contributed by atoms with Gasteiger partial charge in [-0.1, -0.05) is 63.2 Å². The van der Waals surface area contributed by atoms with E-state index in [1.54, 1.807) is 0 Å². The zero-order valence-electron chi connectivity index (χ0n) is 15.9. The number of aryl methyl sites for hydroxylation is 1. The summed E-state index contributed by atoms with van der Waals surface area (Å²) in [6.07, 6.45) is 7.85. The lowest BCUT2D eigenvalue weighted by molar-refractivity contribution is 0.640. The number of anilines is 1. The Morgan fingerprint density at radius 1 is 1.04 bits per heavy atom. The molecule has 0 fully saturated rings. The highest BCUT2D eigenvalue weighted by atomic mass is 32.1. The molecule has 26 heavy (non-hydrogen) atoms. The van der Waals surface area contributed by atoms with Crippen LogP contribution in [0.4, 0.5) is 5.69 Å². The van der Waals surface area contributed by atoms with Crippen molar-refractivity contribution in [2.45, 2.75) is 32.6 Å². The van der Waals surface area contributed by atoms with Crippen molar-refractivity contribution in [3.8, 4) is 0 Å². The first kappa shape index (κ1) is 17.1.